The number of carbonyl (C=O) groups is 7. The van der Waals surface area contributed by atoms with Crippen molar-refractivity contribution in [2.75, 3.05) is 26.2 Å². The summed E-state index contributed by atoms with van der Waals surface area (Å²) >= 11 is 0. The summed E-state index contributed by atoms with van der Waals surface area (Å²) in [4.78, 5) is 93.1. The number of phenols is 2. The number of aliphatic hydroxyl groups is 2. The molecule has 5 atom stereocenters. The molecule has 7 amide bonds. The van der Waals surface area contributed by atoms with Gasteiger partial charge in [-0.15, -0.1) is 0 Å². The van der Waals surface area contributed by atoms with Gasteiger partial charge in [-0.2, -0.15) is 0 Å². The standard InChI is InChI=1S/C44H65N7O14/c1-42(2,3)63-39(60)45-16-10-11-29-36(57)49-30(37(58)50-32(23-52)35(56)46-21-28(53)22-47-40(61)64-43(4,5)6)19-26-17-24(12-14-33(26)54)25-13-15-34(55)27(18-25)20-31(38(59)48-29)51-41(62)65-44(7,8)9/h12-15,17-18,28-32,52-55H,10-11,16,19-23H2,1-9H3,(H,45,60)(H,46,56)(H,47,61)(H,48,59)(H,49,57)(H,50,58)(H,51,62)/t28?,29-,30-,31-,32-/m0/s1. The van der Waals surface area contributed by atoms with Gasteiger partial charge in [-0.05, 0) is 122 Å². The molecule has 1 unspecified atom stereocenters. The summed E-state index contributed by atoms with van der Waals surface area (Å²) in [5, 5.41) is 59.9. The normalized spacial score (nSPS) is 17.9. The Balaban J connectivity index is 2.00. The third-order valence-electron chi connectivity index (χ3n) is 9.16. The fourth-order valence-corrected chi connectivity index (χ4v) is 6.19. The molecule has 0 fully saturated rings. The molecule has 0 spiro atoms. The van der Waals surface area contributed by atoms with Crippen molar-refractivity contribution in [3.63, 3.8) is 0 Å². The Kier molecular flexibility index (Phi) is 18.8. The fourth-order valence-electron chi connectivity index (χ4n) is 6.19. The third kappa shape index (κ3) is 18.7. The van der Waals surface area contributed by atoms with Crippen LogP contribution in [-0.4, -0.2) is 136 Å². The van der Waals surface area contributed by atoms with Gasteiger partial charge in [0.1, 0.15) is 52.5 Å². The van der Waals surface area contributed by atoms with E-state index < -0.39 is 102 Å². The van der Waals surface area contributed by atoms with Gasteiger partial charge in [0.2, 0.25) is 23.6 Å². The zero-order valence-electron chi connectivity index (χ0n) is 38.4. The molecule has 1 aliphatic heterocycles. The van der Waals surface area contributed by atoms with Crippen LogP contribution in [0.5, 0.6) is 11.5 Å². The number of rotatable bonds is 13. The Morgan fingerprint density at radius 3 is 1.75 bits per heavy atom. The summed E-state index contributed by atoms with van der Waals surface area (Å²) in [6, 6.07) is 2.92. The van der Waals surface area contributed by atoms with Crippen LogP contribution in [0.3, 0.4) is 0 Å². The van der Waals surface area contributed by atoms with Crippen LogP contribution in [0.1, 0.15) is 86.3 Å². The number of hydrogen-bond donors (Lipinski definition) is 11. The van der Waals surface area contributed by atoms with Crippen molar-refractivity contribution in [1.29, 1.82) is 0 Å². The number of hydrogen-bond acceptors (Lipinski definition) is 14. The second-order valence-corrected chi connectivity index (χ2v) is 18.5. The molecule has 0 aliphatic carbocycles. The molecule has 0 aromatic heterocycles. The van der Waals surface area contributed by atoms with Gasteiger partial charge in [0.05, 0.1) is 12.7 Å². The smallest absolute Gasteiger partial charge is 0.408 e. The van der Waals surface area contributed by atoms with E-state index in [1.807, 2.05) is 0 Å². The Morgan fingerprint density at radius 2 is 1.22 bits per heavy atom. The molecule has 21 nitrogen and oxygen atoms in total. The molecule has 4 bridgehead atoms. The van der Waals surface area contributed by atoms with E-state index in [0.29, 0.717) is 11.1 Å². The van der Waals surface area contributed by atoms with Crippen molar-refractivity contribution < 1.29 is 68.2 Å². The summed E-state index contributed by atoms with van der Waals surface area (Å²) in [6.07, 6.45) is -4.53. The Bertz CT molecular complexity index is 2030. The summed E-state index contributed by atoms with van der Waals surface area (Å²) in [6.45, 7) is 13.2. The van der Waals surface area contributed by atoms with Crippen LogP contribution in [0.15, 0.2) is 36.4 Å². The molecule has 360 valence electrons. The first-order valence-corrected chi connectivity index (χ1v) is 21.2. The van der Waals surface area contributed by atoms with Crippen LogP contribution in [-0.2, 0) is 46.2 Å². The summed E-state index contributed by atoms with van der Waals surface area (Å²) in [5.41, 5.74) is -1.18. The van der Waals surface area contributed by atoms with Crippen molar-refractivity contribution in [1.82, 2.24) is 37.2 Å². The second-order valence-electron chi connectivity index (χ2n) is 18.5. The minimum absolute atomic E-state index is 0.0154. The zero-order valence-corrected chi connectivity index (χ0v) is 38.4. The van der Waals surface area contributed by atoms with Crippen molar-refractivity contribution in [3.8, 4) is 22.6 Å². The number of alkyl carbamates (subject to hydrolysis) is 3. The van der Waals surface area contributed by atoms with Gasteiger partial charge in [-0.1, -0.05) is 12.1 Å². The lowest BCUT2D eigenvalue weighted by Gasteiger charge is -2.27. The number of aliphatic hydroxyl groups excluding tert-OH is 2. The number of benzene rings is 2. The first kappa shape index (κ1) is 53.0. The number of carbonyl (C=O) groups excluding carboxylic acids is 7. The molecule has 2 aromatic carbocycles. The minimum atomic E-state index is -1.62. The predicted molar refractivity (Wildman–Crippen MR) is 235 cm³/mol. The summed E-state index contributed by atoms with van der Waals surface area (Å²) in [7, 11) is 0. The molecule has 11 N–H and O–H groups in total. The molecule has 0 saturated heterocycles. The molecular weight excluding hydrogens is 851 g/mol. The Labute approximate surface area is 378 Å². The topological polar surface area (TPSA) is 312 Å². The Morgan fingerprint density at radius 1 is 0.708 bits per heavy atom. The van der Waals surface area contributed by atoms with Crippen molar-refractivity contribution in [2.24, 2.45) is 0 Å². The van der Waals surface area contributed by atoms with Gasteiger partial charge in [-0.3, -0.25) is 19.2 Å². The summed E-state index contributed by atoms with van der Waals surface area (Å²) in [5.74, 6) is -4.22. The molecular formula is C44H65N7O14. The van der Waals surface area contributed by atoms with E-state index in [-0.39, 0.29) is 61.4 Å². The molecule has 0 saturated carbocycles. The van der Waals surface area contributed by atoms with Gasteiger partial charge in [0.15, 0.2) is 0 Å². The van der Waals surface area contributed by atoms with Crippen LogP contribution in [0.4, 0.5) is 14.4 Å². The maximum absolute atomic E-state index is 14.3. The average molecular weight is 916 g/mol. The molecule has 65 heavy (non-hydrogen) atoms. The first-order chi connectivity index (χ1) is 30.1. The number of ether oxygens (including phenoxy) is 3. The van der Waals surface area contributed by atoms with E-state index in [1.54, 1.807) is 86.6 Å². The fraction of sp³-hybridized carbons (Fsp3) is 0.568. The Hall–Kier alpha value is -6.35. The minimum Gasteiger partial charge on any atom is -0.508 e. The summed E-state index contributed by atoms with van der Waals surface area (Å²) < 4.78 is 15.8. The van der Waals surface area contributed by atoms with Crippen molar-refractivity contribution in [2.45, 2.75) is 135 Å². The van der Waals surface area contributed by atoms with Crippen LogP contribution in [0.2, 0.25) is 0 Å². The zero-order chi connectivity index (χ0) is 48.9. The average Bonchev–Trinajstić information content (AvgIpc) is 3.17. The highest BCUT2D eigenvalue weighted by atomic mass is 16.6. The lowest BCUT2D eigenvalue weighted by Crippen LogP contribution is -2.59. The number of aromatic hydroxyl groups is 2. The van der Waals surface area contributed by atoms with Crippen molar-refractivity contribution >= 4 is 41.9 Å². The highest BCUT2D eigenvalue weighted by Crippen LogP contribution is 2.31. The van der Waals surface area contributed by atoms with E-state index >= 15 is 0 Å². The lowest BCUT2D eigenvalue weighted by atomic mass is 9.95. The molecule has 3 rings (SSSR count). The number of amides is 7. The van der Waals surface area contributed by atoms with Crippen molar-refractivity contribution in [3.05, 3.63) is 47.5 Å². The van der Waals surface area contributed by atoms with E-state index in [1.165, 1.54) is 12.1 Å². The van der Waals surface area contributed by atoms with Gasteiger partial charge in [-0.25, -0.2) is 14.4 Å². The third-order valence-corrected chi connectivity index (χ3v) is 9.16. The lowest BCUT2D eigenvalue weighted by molar-refractivity contribution is -0.134. The first-order valence-electron chi connectivity index (χ1n) is 21.2. The molecule has 1 heterocycles. The molecule has 0 radical (unpaired) electrons. The maximum Gasteiger partial charge on any atom is 0.408 e. The number of phenolic OH excluding ortho intramolecular Hbond substituents is 2. The monoisotopic (exact) mass is 915 g/mol. The van der Waals surface area contributed by atoms with Gasteiger partial charge in [0.25, 0.3) is 0 Å². The van der Waals surface area contributed by atoms with E-state index in [9.17, 15) is 54.0 Å². The van der Waals surface area contributed by atoms with Crippen LogP contribution in [0.25, 0.3) is 11.1 Å². The number of fused-ring (bicyclic) bond motifs is 5. The SMILES string of the molecule is CC(C)(C)OC(=O)NCCC[C@@H]1NC(=O)[C@@H](NC(=O)OC(C)(C)C)Cc2cc(ccc2O)-c2ccc(O)c(c2)C[C@@H](C(=O)N[C@@H](CO)C(=O)NCC(O)CNC(=O)OC(C)(C)C)NC1=O. The highest BCUT2D eigenvalue weighted by molar-refractivity contribution is 5.95. The second kappa shape index (κ2) is 23.0. The van der Waals surface area contributed by atoms with Crippen LogP contribution in [0, 0.1) is 0 Å². The number of nitrogens with one attached hydrogen (secondary N) is 7. The largest absolute Gasteiger partial charge is 0.508 e. The molecule has 1 aliphatic rings. The van der Waals surface area contributed by atoms with Crippen LogP contribution >= 0.6 is 0 Å². The highest BCUT2D eigenvalue weighted by Gasteiger charge is 2.34. The van der Waals surface area contributed by atoms with Crippen LogP contribution < -0.4 is 37.2 Å². The van der Waals surface area contributed by atoms with E-state index in [2.05, 4.69) is 37.2 Å². The quantitative estimate of drug-likeness (QED) is 0.100. The predicted octanol–water partition coefficient (Wildman–Crippen LogP) is 1.51. The maximum atomic E-state index is 14.3. The van der Waals surface area contributed by atoms with E-state index in [4.69, 9.17) is 14.2 Å². The van der Waals surface area contributed by atoms with E-state index in [0.717, 1.165) is 0 Å². The molecule has 2 aromatic rings. The molecule has 21 heteroatoms. The van der Waals surface area contributed by atoms with Gasteiger partial charge < -0.3 is 71.9 Å². The van der Waals surface area contributed by atoms with Gasteiger partial charge in [0, 0.05) is 32.5 Å². The van der Waals surface area contributed by atoms with Gasteiger partial charge >= 0.3 is 18.3 Å².